The Balaban J connectivity index is 1.97. The second-order valence-corrected chi connectivity index (χ2v) is 5.32. The number of nitrogens with zero attached hydrogens (tertiary/aromatic N) is 1. The normalized spacial score (nSPS) is 14.6. The van der Waals surface area contributed by atoms with Gasteiger partial charge in [0.15, 0.2) is 0 Å². The minimum atomic E-state index is -0.916. The second kappa shape index (κ2) is 6.47. The molecule has 0 aliphatic carbocycles. The predicted octanol–water partition coefficient (Wildman–Crippen LogP) is 2.20. The van der Waals surface area contributed by atoms with E-state index in [1.165, 1.54) is 4.90 Å². The Bertz CT molecular complexity index is 544. The fourth-order valence-electron chi connectivity index (χ4n) is 2.23. The van der Waals surface area contributed by atoms with Crippen LogP contribution in [0.4, 0.5) is 10.5 Å². The van der Waals surface area contributed by atoms with E-state index < -0.39 is 11.9 Å². The van der Waals surface area contributed by atoms with Gasteiger partial charge < -0.3 is 20.1 Å². The van der Waals surface area contributed by atoms with Crippen molar-refractivity contribution >= 4 is 17.7 Å². The van der Waals surface area contributed by atoms with E-state index in [0.717, 1.165) is 30.8 Å². The molecule has 0 radical (unpaired) electrons. The highest BCUT2D eigenvalue weighted by Gasteiger charge is 2.18. The SMILES string of the molecule is CC(CN(C)C(=O)Nc1ccc2c(c1)CCCO2)C(=O)O. The van der Waals surface area contributed by atoms with Gasteiger partial charge in [0.25, 0.3) is 0 Å². The van der Waals surface area contributed by atoms with Crippen LogP contribution in [0.25, 0.3) is 0 Å². The summed E-state index contributed by atoms with van der Waals surface area (Å²) < 4.78 is 5.52. The fraction of sp³-hybridized carbons (Fsp3) is 0.467. The molecule has 0 aromatic heterocycles. The molecule has 1 unspecified atom stereocenters. The van der Waals surface area contributed by atoms with Crippen LogP contribution in [0, 0.1) is 5.92 Å². The summed E-state index contributed by atoms with van der Waals surface area (Å²) in [5, 5.41) is 11.6. The van der Waals surface area contributed by atoms with Crippen LogP contribution < -0.4 is 10.1 Å². The van der Waals surface area contributed by atoms with Crippen molar-refractivity contribution in [2.75, 3.05) is 25.5 Å². The van der Waals surface area contributed by atoms with Crippen molar-refractivity contribution in [3.8, 4) is 5.75 Å². The van der Waals surface area contributed by atoms with Gasteiger partial charge in [0.05, 0.1) is 12.5 Å². The molecular formula is C15H20N2O4. The number of amides is 2. The molecule has 1 heterocycles. The van der Waals surface area contributed by atoms with Crippen molar-refractivity contribution in [2.45, 2.75) is 19.8 Å². The van der Waals surface area contributed by atoms with Crippen LogP contribution in [-0.4, -0.2) is 42.2 Å². The third-order valence-corrected chi connectivity index (χ3v) is 3.48. The van der Waals surface area contributed by atoms with E-state index in [4.69, 9.17) is 9.84 Å². The van der Waals surface area contributed by atoms with E-state index in [1.807, 2.05) is 12.1 Å². The first-order valence-electron chi connectivity index (χ1n) is 6.98. The quantitative estimate of drug-likeness (QED) is 0.891. The smallest absolute Gasteiger partial charge is 0.321 e. The molecule has 0 saturated carbocycles. The topological polar surface area (TPSA) is 78.9 Å². The lowest BCUT2D eigenvalue weighted by Gasteiger charge is -2.21. The molecular weight excluding hydrogens is 272 g/mol. The number of hydrogen-bond donors (Lipinski definition) is 2. The number of anilines is 1. The molecule has 6 nitrogen and oxygen atoms in total. The Morgan fingerprint density at radius 2 is 2.24 bits per heavy atom. The summed E-state index contributed by atoms with van der Waals surface area (Å²) in [6, 6.07) is 5.22. The van der Waals surface area contributed by atoms with Gasteiger partial charge in [-0.2, -0.15) is 0 Å². The summed E-state index contributed by atoms with van der Waals surface area (Å²) >= 11 is 0. The van der Waals surface area contributed by atoms with Crippen molar-refractivity contribution in [1.82, 2.24) is 4.90 Å². The number of aryl methyl sites for hydroxylation is 1. The van der Waals surface area contributed by atoms with Crippen LogP contribution in [0.5, 0.6) is 5.75 Å². The number of carboxylic acids is 1. The highest BCUT2D eigenvalue weighted by atomic mass is 16.5. The molecule has 114 valence electrons. The number of fused-ring (bicyclic) bond motifs is 1. The second-order valence-electron chi connectivity index (χ2n) is 5.32. The van der Waals surface area contributed by atoms with Gasteiger partial charge in [-0.15, -0.1) is 0 Å². The van der Waals surface area contributed by atoms with Crippen LogP contribution in [0.15, 0.2) is 18.2 Å². The number of carboxylic acid groups (broad SMARTS) is 1. The number of rotatable bonds is 4. The molecule has 21 heavy (non-hydrogen) atoms. The van der Waals surface area contributed by atoms with E-state index in [9.17, 15) is 9.59 Å². The van der Waals surface area contributed by atoms with Crippen molar-refractivity contribution < 1.29 is 19.4 Å². The lowest BCUT2D eigenvalue weighted by Crippen LogP contribution is -2.36. The maximum atomic E-state index is 12.0. The standard InChI is InChI=1S/C15H20N2O4/c1-10(14(18)19)9-17(2)15(20)16-12-5-6-13-11(8-12)4-3-7-21-13/h5-6,8,10H,3-4,7,9H2,1-2H3,(H,16,20)(H,18,19). The van der Waals surface area contributed by atoms with Crippen molar-refractivity contribution in [3.63, 3.8) is 0 Å². The number of ether oxygens (including phenoxy) is 1. The predicted molar refractivity (Wildman–Crippen MR) is 78.7 cm³/mol. The fourth-order valence-corrected chi connectivity index (χ4v) is 2.23. The monoisotopic (exact) mass is 292 g/mol. The molecule has 2 rings (SSSR count). The molecule has 0 bridgehead atoms. The van der Waals surface area contributed by atoms with E-state index in [1.54, 1.807) is 20.0 Å². The Morgan fingerprint density at radius 1 is 1.48 bits per heavy atom. The van der Waals surface area contributed by atoms with Gasteiger partial charge in [0, 0.05) is 19.3 Å². The van der Waals surface area contributed by atoms with Gasteiger partial charge in [0.2, 0.25) is 0 Å². The van der Waals surface area contributed by atoms with Gasteiger partial charge >= 0.3 is 12.0 Å². The Kier molecular flexibility index (Phi) is 4.67. The summed E-state index contributed by atoms with van der Waals surface area (Å²) in [4.78, 5) is 24.2. The minimum Gasteiger partial charge on any atom is -0.493 e. The summed E-state index contributed by atoms with van der Waals surface area (Å²) in [5.74, 6) is -0.648. The zero-order valence-corrected chi connectivity index (χ0v) is 12.3. The maximum absolute atomic E-state index is 12.0. The number of hydrogen-bond acceptors (Lipinski definition) is 3. The molecule has 2 N–H and O–H groups in total. The number of nitrogens with one attached hydrogen (secondary N) is 1. The van der Waals surface area contributed by atoms with Crippen LogP contribution in [0.2, 0.25) is 0 Å². The Hall–Kier alpha value is -2.24. The third-order valence-electron chi connectivity index (χ3n) is 3.48. The average molecular weight is 292 g/mol. The number of urea groups is 1. The molecule has 0 fully saturated rings. The summed E-state index contributed by atoms with van der Waals surface area (Å²) in [5.41, 5.74) is 1.78. The largest absolute Gasteiger partial charge is 0.493 e. The zero-order valence-electron chi connectivity index (χ0n) is 12.3. The zero-order chi connectivity index (χ0) is 15.4. The number of aliphatic carboxylic acids is 1. The number of carbonyl (C=O) groups excluding carboxylic acids is 1. The third kappa shape index (κ3) is 3.87. The molecule has 1 aromatic rings. The van der Waals surface area contributed by atoms with Gasteiger partial charge in [-0.25, -0.2) is 4.79 Å². The van der Waals surface area contributed by atoms with Crippen molar-refractivity contribution in [3.05, 3.63) is 23.8 Å². The summed E-state index contributed by atoms with van der Waals surface area (Å²) in [7, 11) is 1.58. The molecule has 2 amide bonds. The van der Waals surface area contributed by atoms with Crippen LogP contribution in [0.3, 0.4) is 0 Å². The number of carbonyl (C=O) groups is 2. The van der Waals surface area contributed by atoms with Gasteiger partial charge in [-0.3, -0.25) is 4.79 Å². The molecule has 1 aromatic carbocycles. The molecule has 1 atom stereocenters. The van der Waals surface area contributed by atoms with Gasteiger partial charge in [0.1, 0.15) is 5.75 Å². The average Bonchev–Trinajstić information content (AvgIpc) is 2.46. The summed E-state index contributed by atoms with van der Waals surface area (Å²) in [6.07, 6.45) is 1.91. The lowest BCUT2D eigenvalue weighted by atomic mass is 10.1. The molecule has 0 spiro atoms. The van der Waals surface area contributed by atoms with Crippen molar-refractivity contribution in [1.29, 1.82) is 0 Å². The first-order chi connectivity index (χ1) is 9.97. The highest BCUT2D eigenvalue weighted by Crippen LogP contribution is 2.27. The van der Waals surface area contributed by atoms with Crippen molar-refractivity contribution in [2.24, 2.45) is 5.92 Å². The van der Waals surface area contributed by atoms with E-state index in [2.05, 4.69) is 5.32 Å². The van der Waals surface area contributed by atoms with Crippen LogP contribution in [-0.2, 0) is 11.2 Å². The Morgan fingerprint density at radius 3 is 2.95 bits per heavy atom. The highest BCUT2D eigenvalue weighted by molar-refractivity contribution is 5.89. The van der Waals surface area contributed by atoms with E-state index in [0.29, 0.717) is 5.69 Å². The Labute approximate surface area is 123 Å². The van der Waals surface area contributed by atoms with Gasteiger partial charge in [-0.1, -0.05) is 6.92 Å². The van der Waals surface area contributed by atoms with Gasteiger partial charge in [-0.05, 0) is 36.6 Å². The van der Waals surface area contributed by atoms with E-state index >= 15 is 0 Å². The first kappa shape index (κ1) is 15.2. The van der Waals surface area contributed by atoms with E-state index in [-0.39, 0.29) is 12.6 Å². The minimum absolute atomic E-state index is 0.162. The molecule has 6 heteroatoms. The molecule has 1 aliphatic heterocycles. The van der Waals surface area contributed by atoms with Crippen LogP contribution >= 0.6 is 0 Å². The summed E-state index contributed by atoms with van der Waals surface area (Å²) in [6.45, 7) is 2.46. The van der Waals surface area contributed by atoms with Crippen LogP contribution in [0.1, 0.15) is 18.9 Å². The molecule has 1 aliphatic rings. The first-order valence-corrected chi connectivity index (χ1v) is 6.98. The number of benzene rings is 1. The maximum Gasteiger partial charge on any atom is 0.321 e. The lowest BCUT2D eigenvalue weighted by molar-refractivity contribution is -0.141. The molecule has 0 saturated heterocycles.